The molecular formula is C49H63N3. The number of para-hydroxylation sites is 1. The number of aryl methyl sites for hydroxylation is 1. The van der Waals surface area contributed by atoms with Crippen LogP contribution in [0.4, 0.5) is 5.69 Å². The zero-order valence-electron chi connectivity index (χ0n) is 33.2. The third kappa shape index (κ3) is 10.5. The van der Waals surface area contributed by atoms with E-state index < -0.39 is 0 Å². The van der Waals surface area contributed by atoms with Gasteiger partial charge in [0.2, 0.25) is 0 Å². The molecule has 52 heavy (non-hydrogen) atoms. The lowest BCUT2D eigenvalue weighted by molar-refractivity contribution is 0.400. The van der Waals surface area contributed by atoms with Crippen LogP contribution in [0.2, 0.25) is 0 Å². The van der Waals surface area contributed by atoms with Gasteiger partial charge >= 0.3 is 0 Å². The van der Waals surface area contributed by atoms with Gasteiger partial charge in [0.15, 0.2) is 0 Å². The van der Waals surface area contributed by atoms with Crippen molar-refractivity contribution in [2.75, 3.05) is 18.0 Å². The maximum atomic E-state index is 5.05. The van der Waals surface area contributed by atoms with Gasteiger partial charge < -0.3 is 9.80 Å². The third-order valence-electron chi connectivity index (χ3n) is 10.7. The number of hydrogen-bond acceptors (Lipinski definition) is 3. The Bertz CT molecular complexity index is 1800. The third-order valence-corrected chi connectivity index (χ3v) is 10.7. The number of nitrogens with zero attached hydrogens (tertiary/aromatic N) is 3. The summed E-state index contributed by atoms with van der Waals surface area (Å²) in [7, 11) is 0. The summed E-state index contributed by atoms with van der Waals surface area (Å²) in [5, 5.41) is 0. The Kier molecular flexibility index (Phi) is 15.3. The molecule has 0 spiro atoms. The van der Waals surface area contributed by atoms with Crippen LogP contribution in [0.5, 0.6) is 0 Å². The van der Waals surface area contributed by atoms with Gasteiger partial charge in [-0.15, -0.1) is 0 Å². The average molecular weight is 694 g/mol. The highest BCUT2D eigenvalue weighted by atomic mass is 15.2. The molecule has 2 atom stereocenters. The fraction of sp³-hybridized carbons (Fsp3) is 0.367. The Morgan fingerprint density at radius 3 is 2.48 bits per heavy atom. The Labute approximate surface area is 316 Å². The molecule has 2 heterocycles. The van der Waals surface area contributed by atoms with Crippen molar-refractivity contribution in [2.24, 2.45) is 16.8 Å². The molecule has 0 saturated carbocycles. The number of allylic oxidation sites excluding steroid dienone is 10. The molecular weight excluding hydrogens is 631 g/mol. The minimum atomic E-state index is 0.545. The van der Waals surface area contributed by atoms with Gasteiger partial charge in [0.1, 0.15) is 5.82 Å². The number of rotatable bonds is 18. The molecule has 0 fully saturated rings. The highest BCUT2D eigenvalue weighted by Gasteiger charge is 2.27. The second-order valence-corrected chi connectivity index (χ2v) is 14.6. The van der Waals surface area contributed by atoms with Gasteiger partial charge in [-0.05, 0) is 129 Å². The molecule has 2 aromatic carbocycles. The van der Waals surface area contributed by atoms with Crippen molar-refractivity contribution in [3.63, 3.8) is 0 Å². The van der Waals surface area contributed by atoms with Crippen molar-refractivity contribution < 1.29 is 0 Å². The molecule has 4 rings (SSSR count). The van der Waals surface area contributed by atoms with Crippen LogP contribution in [0.1, 0.15) is 96.8 Å². The Balaban J connectivity index is 1.50. The molecule has 0 N–H and O–H groups in total. The summed E-state index contributed by atoms with van der Waals surface area (Å²) in [5.41, 5.74) is 13.6. The van der Waals surface area contributed by atoms with E-state index in [0.29, 0.717) is 24.2 Å². The Morgan fingerprint density at radius 1 is 1.02 bits per heavy atom. The zero-order chi connectivity index (χ0) is 37.6. The number of hydrogen-bond donors (Lipinski definition) is 0. The fourth-order valence-corrected chi connectivity index (χ4v) is 7.39. The lowest BCUT2D eigenvalue weighted by Gasteiger charge is -2.36. The Morgan fingerprint density at radius 2 is 1.77 bits per heavy atom. The maximum absolute atomic E-state index is 5.05. The highest BCUT2D eigenvalue weighted by Crippen LogP contribution is 2.38. The summed E-state index contributed by atoms with van der Waals surface area (Å²) in [6.45, 7) is 30.5. The molecule has 0 saturated heterocycles. The minimum absolute atomic E-state index is 0.545. The molecule has 0 aromatic heterocycles. The van der Waals surface area contributed by atoms with Crippen LogP contribution >= 0.6 is 0 Å². The van der Waals surface area contributed by atoms with E-state index in [2.05, 4.69) is 169 Å². The van der Waals surface area contributed by atoms with Crippen LogP contribution in [-0.4, -0.2) is 24.2 Å². The Hall–Kier alpha value is -4.63. The van der Waals surface area contributed by atoms with Gasteiger partial charge in [0.05, 0.1) is 5.69 Å². The van der Waals surface area contributed by atoms with Crippen molar-refractivity contribution in [2.45, 2.75) is 93.4 Å². The van der Waals surface area contributed by atoms with E-state index in [1.165, 1.54) is 40.8 Å². The lowest BCUT2D eigenvalue weighted by atomic mass is 9.84. The van der Waals surface area contributed by atoms with E-state index in [1.807, 2.05) is 6.21 Å². The average Bonchev–Trinajstić information content (AvgIpc) is 3.15. The van der Waals surface area contributed by atoms with Crippen molar-refractivity contribution in [3.8, 4) is 0 Å². The van der Waals surface area contributed by atoms with Crippen LogP contribution < -0.4 is 4.90 Å². The molecule has 2 aliphatic heterocycles. The van der Waals surface area contributed by atoms with E-state index >= 15 is 0 Å². The largest absolute Gasteiger partial charge is 0.348 e. The van der Waals surface area contributed by atoms with Crippen LogP contribution in [0, 0.1) is 18.8 Å². The first-order valence-electron chi connectivity index (χ1n) is 19.5. The predicted molar refractivity (Wildman–Crippen MR) is 229 cm³/mol. The second kappa shape index (κ2) is 19.8. The SMILES string of the molecule is C=C(/C=C\CN(C(=C)/N=C\C(=C/C)C1=CC=CN2CCCC(C(C)CC)=C12)c1ccccc1C(=C)C)/C(=C/C)CCCC(C)Cc1ccccc1C. The molecule has 274 valence electrons. The molecule has 0 aliphatic carbocycles. The first-order chi connectivity index (χ1) is 25.1. The lowest BCUT2D eigenvalue weighted by Crippen LogP contribution is -2.29. The standard InChI is InChI=1S/C49H63N3/c1-11-38(7)46-28-20-31-51-32-21-29-47(49(46)51)43(13-3)35-50-41(10)52(48-30-17-16-27-45(48)36(4)5)33-19-24-39(8)42(12-2)26-18-22-37(6)34-44-25-15-14-23-40(44)9/h12-17,19,21,23-25,27,29-30,32,35,37-38H,4,8,10-11,18,20,22,26,28,31,33-34H2,1-3,5-7,9H3/b24-19-,42-12+,43-13+,50-35-. The summed E-state index contributed by atoms with van der Waals surface area (Å²) in [5.74, 6) is 1.87. The first kappa shape index (κ1) is 40.1. The van der Waals surface area contributed by atoms with Crippen molar-refractivity contribution in [1.29, 1.82) is 0 Å². The fourth-order valence-electron chi connectivity index (χ4n) is 7.39. The van der Waals surface area contributed by atoms with Gasteiger partial charge in [-0.25, -0.2) is 4.99 Å². The van der Waals surface area contributed by atoms with Crippen molar-refractivity contribution >= 4 is 17.5 Å². The predicted octanol–water partition coefficient (Wildman–Crippen LogP) is 13.3. The summed E-state index contributed by atoms with van der Waals surface area (Å²) in [6, 6.07) is 17.2. The van der Waals surface area contributed by atoms with Gasteiger partial charge in [-0.1, -0.05) is 120 Å². The second-order valence-electron chi connectivity index (χ2n) is 14.6. The van der Waals surface area contributed by atoms with Crippen LogP contribution in [0.3, 0.4) is 0 Å². The summed E-state index contributed by atoms with van der Waals surface area (Å²) in [4.78, 5) is 9.67. The van der Waals surface area contributed by atoms with Gasteiger partial charge in [-0.2, -0.15) is 0 Å². The van der Waals surface area contributed by atoms with E-state index in [-0.39, 0.29) is 0 Å². The van der Waals surface area contributed by atoms with Crippen molar-refractivity contribution in [3.05, 3.63) is 167 Å². The smallest absolute Gasteiger partial charge is 0.125 e. The van der Waals surface area contributed by atoms with Gasteiger partial charge in [-0.3, -0.25) is 0 Å². The zero-order valence-corrected chi connectivity index (χ0v) is 33.2. The van der Waals surface area contributed by atoms with E-state index in [9.17, 15) is 0 Å². The molecule has 3 heteroatoms. The molecule has 0 bridgehead atoms. The molecule has 3 nitrogen and oxygen atoms in total. The molecule has 0 amide bonds. The number of fused-ring (bicyclic) bond motifs is 1. The number of anilines is 1. The van der Waals surface area contributed by atoms with E-state index in [0.717, 1.165) is 66.6 Å². The summed E-state index contributed by atoms with van der Waals surface area (Å²) in [6.07, 6.45) is 25.4. The summed E-state index contributed by atoms with van der Waals surface area (Å²) < 4.78 is 0. The van der Waals surface area contributed by atoms with Crippen molar-refractivity contribution in [1.82, 2.24) is 4.90 Å². The van der Waals surface area contributed by atoms with Crippen LogP contribution in [0.25, 0.3) is 5.57 Å². The van der Waals surface area contributed by atoms with E-state index in [4.69, 9.17) is 4.99 Å². The monoisotopic (exact) mass is 694 g/mol. The van der Waals surface area contributed by atoms with Crippen LogP contribution in [-0.2, 0) is 6.42 Å². The maximum Gasteiger partial charge on any atom is 0.125 e. The van der Waals surface area contributed by atoms with Gasteiger partial charge in [0, 0.05) is 42.3 Å². The summed E-state index contributed by atoms with van der Waals surface area (Å²) >= 11 is 0. The topological polar surface area (TPSA) is 18.8 Å². The van der Waals surface area contributed by atoms with E-state index in [1.54, 1.807) is 5.57 Å². The molecule has 2 unspecified atom stereocenters. The normalized spacial score (nSPS) is 16.3. The number of benzene rings is 2. The number of aliphatic imine (C=N–C) groups is 1. The van der Waals surface area contributed by atoms with Crippen LogP contribution in [0.15, 0.2) is 155 Å². The highest BCUT2D eigenvalue weighted by molar-refractivity contribution is 5.88. The molecule has 0 radical (unpaired) electrons. The minimum Gasteiger partial charge on any atom is -0.348 e. The molecule has 2 aliphatic rings. The van der Waals surface area contributed by atoms with Gasteiger partial charge in [0.25, 0.3) is 0 Å². The first-order valence-corrected chi connectivity index (χ1v) is 19.5. The quantitative estimate of drug-likeness (QED) is 0.114. The molecule has 2 aromatic rings.